The Morgan fingerprint density at radius 2 is 1.41 bits per heavy atom. The van der Waals surface area contributed by atoms with Crippen LogP contribution in [-0.2, 0) is 0 Å². The van der Waals surface area contributed by atoms with Gasteiger partial charge in [-0.25, -0.2) is 5.43 Å². The Bertz CT molecular complexity index is 1020. The highest BCUT2D eigenvalue weighted by molar-refractivity contribution is 7.80. The SMILES string of the molecule is C/C(=N/NC(=O)c1ccncc1)c1ccc(NC(=S)Nc2ccc(C)cc2)cc1. The summed E-state index contributed by atoms with van der Waals surface area (Å²) in [6.45, 7) is 3.87. The molecule has 1 aromatic heterocycles. The smallest absolute Gasteiger partial charge is 0.271 e. The van der Waals surface area contributed by atoms with Gasteiger partial charge in [-0.05, 0) is 68.0 Å². The molecule has 1 amide bonds. The van der Waals surface area contributed by atoms with Gasteiger partial charge in [0, 0.05) is 29.3 Å². The van der Waals surface area contributed by atoms with Gasteiger partial charge in [0.15, 0.2) is 5.11 Å². The van der Waals surface area contributed by atoms with Crippen LogP contribution in [0, 0.1) is 6.92 Å². The number of benzene rings is 2. The molecule has 3 N–H and O–H groups in total. The third-order valence-corrected chi connectivity index (χ3v) is 4.34. The number of hydrogen-bond acceptors (Lipinski definition) is 4. The summed E-state index contributed by atoms with van der Waals surface area (Å²) < 4.78 is 0. The maximum Gasteiger partial charge on any atom is 0.271 e. The molecule has 0 atom stereocenters. The molecule has 0 aliphatic carbocycles. The molecule has 2 aromatic carbocycles. The maximum absolute atomic E-state index is 12.0. The molecule has 3 rings (SSSR count). The van der Waals surface area contributed by atoms with Crippen LogP contribution in [-0.4, -0.2) is 21.7 Å². The number of rotatable bonds is 5. The molecule has 0 spiro atoms. The topological polar surface area (TPSA) is 78.4 Å². The van der Waals surface area contributed by atoms with Crippen molar-refractivity contribution in [2.24, 2.45) is 5.10 Å². The van der Waals surface area contributed by atoms with Crippen LogP contribution < -0.4 is 16.1 Å². The number of thiocarbonyl (C=S) groups is 1. The normalized spacial score (nSPS) is 10.9. The van der Waals surface area contributed by atoms with Gasteiger partial charge in [0.25, 0.3) is 5.91 Å². The highest BCUT2D eigenvalue weighted by Gasteiger charge is 2.05. The highest BCUT2D eigenvalue weighted by atomic mass is 32.1. The van der Waals surface area contributed by atoms with Gasteiger partial charge < -0.3 is 10.6 Å². The Morgan fingerprint density at radius 3 is 2.00 bits per heavy atom. The first-order valence-corrected chi connectivity index (χ1v) is 9.42. The van der Waals surface area contributed by atoms with Gasteiger partial charge in [-0.1, -0.05) is 29.8 Å². The quantitative estimate of drug-likeness (QED) is 0.335. The van der Waals surface area contributed by atoms with Crippen LogP contribution in [0.5, 0.6) is 0 Å². The molecular weight excluding hydrogens is 382 g/mol. The number of hydrazone groups is 1. The van der Waals surface area contributed by atoms with E-state index in [4.69, 9.17) is 12.2 Å². The summed E-state index contributed by atoms with van der Waals surface area (Å²) in [4.78, 5) is 15.9. The van der Waals surface area contributed by atoms with E-state index in [0.717, 1.165) is 16.9 Å². The molecule has 1 heterocycles. The van der Waals surface area contributed by atoms with Crippen LogP contribution in [0.15, 0.2) is 78.2 Å². The molecule has 0 fully saturated rings. The third kappa shape index (κ3) is 5.95. The van der Waals surface area contributed by atoms with E-state index in [2.05, 4.69) is 26.1 Å². The standard InChI is InChI=1S/C22H21N5OS/c1-15-3-7-19(8-4-15)24-22(29)25-20-9-5-17(6-10-20)16(2)26-27-21(28)18-11-13-23-14-12-18/h3-14H,1-2H3,(H,27,28)(H2,24,25,29)/b26-16-. The number of carbonyl (C=O) groups excluding carboxylic acids is 1. The van der Waals surface area contributed by atoms with E-state index in [-0.39, 0.29) is 5.91 Å². The highest BCUT2D eigenvalue weighted by Crippen LogP contribution is 2.13. The van der Waals surface area contributed by atoms with E-state index >= 15 is 0 Å². The van der Waals surface area contributed by atoms with Crippen molar-refractivity contribution in [3.05, 3.63) is 89.7 Å². The molecule has 0 unspecified atom stereocenters. The fourth-order valence-corrected chi connectivity index (χ4v) is 2.73. The van der Waals surface area contributed by atoms with E-state index in [0.29, 0.717) is 16.4 Å². The molecule has 6 nitrogen and oxygen atoms in total. The number of carbonyl (C=O) groups is 1. The van der Waals surface area contributed by atoms with Crippen molar-refractivity contribution in [3.63, 3.8) is 0 Å². The number of anilines is 2. The van der Waals surface area contributed by atoms with Crippen molar-refractivity contribution >= 4 is 40.3 Å². The van der Waals surface area contributed by atoms with Gasteiger partial charge >= 0.3 is 0 Å². The second kappa shape index (κ2) is 9.57. The van der Waals surface area contributed by atoms with Crippen molar-refractivity contribution in [3.8, 4) is 0 Å². The summed E-state index contributed by atoms with van der Waals surface area (Å²) in [6, 6.07) is 18.9. The average Bonchev–Trinajstić information content (AvgIpc) is 2.74. The average molecular weight is 404 g/mol. The summed E-state index contributed by atoms with van der Waals surface area (Å²) in [5.74, 6) is -0.280. The lowest BCUT2D eigenvalue weighted by molar-refractivity contribution is 0.0954. The number of aryl methyl sites for hydroxylation is 1. The van der Waals surface area contributed by atoms with Crippen LogP contribution in [0.1, 0.15) is 28.4 Å². The molecule has 0 aliphatic heterocycles. The Labute approximate surface area is 175 Å². The predicted molar refractivity (Wildman–Crippen MR) is 121 cm³/mol. The Kier molecular flexibility index (Phi) is 6.65. The van der Waals surface area contributed by atoms with Gasteiger partial charge in [0.1, 0.15) is 0 Å². The van der Waals surface area contributed by atoms with E-state index in [1.54, 1.807) is 24.5 Å². The molecule has 29 heavy (non-hydrogen) atoms. The fourth-order valence-electron chi connectivity index (χ4n) is 2.49. The number of pyridine rings is 1. The van der Waals surface area contributed by atoms with Gasteiger partial charge in [-0.2, -0.15) is 5.10 Å². The number of nitrogens with zero attached hydrogens (tertiary/aromatic N) is 2. The van der Waals surface area contributed by atoms with Crippen LogP contribution in [0.25, 0.3) is 0 Å². The van der Waals surface area contributed by atoms with Gasteiger partial charge in [-0.3, -0.25) is 9.78 Å². The summed E-state index contributed by atoms with van der Waals surface area (Å²) in [5, 5.41) is 11.0. The van der Waals surface area contributed by atoms with E-state index in [9.17, 15) is 4.79 Å². The Balaban J connectivity index is 1.56. The summed E-state index contributed by atoms with van der Waals surface area (Å²) >= 11 is 5.35. The zero-order chi connectivity index (χ0) is 20.6. The van der Waals surface area contributed by atoms with Crippen molar-refractivity contribution in [2.45, 2.75) is 13.8 Å². The Hall–Kier alpha value is -3.58. The number of amides is 1. The lowest BCUT2D eigenvalue weighted by Gasteiger charge is -2.11. The number of hydrogen-bond donors (Lipinski definition) is 3. The lowest BCUT2D eigenvalue weighted by atomic mass is 10.1. The van der Waals surface area contributed by atoms with E-state index in [1.165, 1.54) is 5.56 Å². The summed E-state index contributed by atoms with van der Waals surface area (Å²) in [5.41, 5.74) is 7.62. The lowest BCUT2D eigenvalue weighted by Crippen LogP contribution is -2.19. The van der Waals surface area contributed by atoms with Crippen molar-refractivity contribution in [1.82, 2.24) is 10.4 Å². The molecule has 0 bridgehead atoms. The minimum absolute atomic E-state index is 0.280. The van der Waals surface area contributed by atoms with E-state index < -0.39 is 0 Å². The van der Waals surface area contributed by atoms with Crippen LogP contribution >= 0.6 is 12.2 Å². The summed E-state index contributed by atoms with van der Waals surface area (Å²) in [6.07, 6.45) is 3.13. The van der Waals surface area contributed by atoms with E-state index in [1.807, 2.05) is 62.4 Å². The van der Waals surface area contributed by atoms with Crippen molar-refractivity contribution < 1.29 is 4.79 Å². The number of nitrogens with one attached hydrogen (secondary N) is 3. The second-order valence-electron chi connectivity index (χ2n) is 6.40. The van der Waals surface area contributed by atoms with Gasteiger partial charge in [0.05, 0.1) is 5.71 Å². The maximum atomic E-state index is 12.0. The van der Waals surface area contributed by atoms with Gasteiger partial charge in [0.2, 0.25) is 0 Å². The molecule has 0 saturated carbocycles. The van der Waals surface area contributed by atoms with Crippen molar-refractivity contribution in [2.75, 3.05) is 10.6 Å². The summed E-state index contributed by atoms with van der Waals surface area (Å²) in [7, 11) is 0. The molecule has 0 radical (unpaired) electrons. The third-order valence-electron chi connectivity index (χ3n) is 4.14. The molecule has 146 valence electrons. The Morgan fingerprint density at radius 1 is 0.862 bits per heavy atom. The molecule has 7 heteroatoms. The molecular formula is C22H21N5OS. The van der Waals surface area contributed by atoms with Crippen LogP contribution in [0.3, 0.4) is 0 Å². The fraction of sp³-hybridized carbons (Fsp3) is 0.0909. The molecule has 3 aromatic rings. The van der Waals surface area contributed by atoms with Crippen LogP contribution in [0.4, 0.5) is 11.4 Å². The first-order valence-electron chi connectivity index (χ1n) is 9.01. The molecule has 0 saturated heterocycles. The van der Waals surface area contributed by atoms with Crippen LogP contribution in [0.2, 0.25) is 0 Å². The van der Waals surface area contributed by atoms with Gasteiger partial charge in [-0.15, -0.1) is 0 Å². The first-order chi connectivity index (χ1) is 14.0. The second-order valence-corrected chi connectivity index (χ2v) is 6.80. The number of aromatic nitrogens is 1. The minimum Gasteiger partial charge on any atom is -0.332 e. The zero-order valence-corrected chi connectivity index (χ0v) is 17.0. The zero-order valence-electron chi connectivity index (χ0n) is 16.1. The minimum atomic E-state index is -0.280. The van der Waals surface area contributed by atoms with Crippen molar-refractivity contribution in [1.29, 1.82) is 0 Å². The predicted octanol–water partition coefficient (Wildman–Crippen LogP) is 4.35. The monoisotopic (exact) mass is 403 g/mol. The largest absolute Gasteiger partial charge is 0.332 e. The first kappa shape index (κ1) is 20.2. The molecule has 0 aliphatic rings.